The van der Waals surface area contributed by atoms with Crippen LogP contribution in [0.1, 0.15) is 67.2 Å². The van der Waals surface area contributed by atoms with E-state index in [-0.39, 0.29) is 5.41 Å². The number of hydrogen-bond acceptors (Lipinski definition) is 3. The average Bonchev–Trinajstić information content (AvgIpc) is 2.44. The third-order valence-corrected chi connectivity index (χ3v) is 6.20. The first-order valence-electron chi connectivity index (χ1n) is 8.68. The Labute approximate surface area is 142 Å². The van der Waals surface area contributed by atoms with Gasteiger partial charge in [0.05, 0.1) is 13.2 Å². The van der Waals surface area contributed by atoms with Crippen molar-refractivity contribution in [2.45, 2.75) is 67.2 Å². The van der Waals surface area contributed by atoms with Gasteiger partial charge in [0.2, 0.25) is 0 Å². The lowest BCUT2D eigenvalue weighted by Crippen LogP contribution is -2.20. The van der Waals surface area contributed by atoms with Crippen LogP contribution in [0.4, 0.5) is 0 Å². The SMILES string of the molecule is CCOP(=O)(C=CC(C)=CCC1=C(C)CCCC1(C)C)OCC. The molecule has 0 spiro atoms. The standard InChI is InChI=1S/C19H33O3P/c1-7-21-23(20,22-8-2)15-13-16(3)11-12-18-17(4)10-9-14-19(18,5)6/h11,13,15H,7-10,12,14H2,1-6H3. The van der Waals surface area contributed by atoms with Crippen molar-refractivity contribution in [1.82, 2.24) is 0 Å². The Morgan fingerprint density at radius 2 is 1.87 bits per heavy atom. The zero-order valence-corrected chi connectivity index (χ0v) is 16.5. The van der Waals surface area contributed by atoms with E-state index in [0.717, 1.165) is 12.0 Å². The predicted molar refractivity (Wildman–Crippen MR) is 98.7 cm³/mol. The van der Waals surface area contributed by atoms with Gasteiger partial charge in [-0.15, -0.1) is 0 Å². The fraction of sp³-hybridized carbons (Fsp3) is 0.684. The summed E-state index contributed by atoms with van der Waals surface area (Å²) < 4.78 is 23.0. The molecule has 0 amide bonds. The van der Waals surface area contributed by atoms with Gasteiger partial charge in [-0.2, -0.15) is 0 Å². The van der Waals surface area contributed by atoms with Crippen LogP contribution in [0.5, 0.6) is 0 Å². The first-order chi connectivity index (χ1) is 10.7. The maximum absolute atomic E-state index is 12.4. The largest absolute Gasteiger partial charge is 0.354 e. The van der Waals surface area contributed by atoms with Crippen molar-refractivity contribution in [2.75, 3.05) is 13.2 Å². The van der Waals surface area contributed by atoms with Crippen LogP contribution in [0.15, 0.2) is 34.7 Å². The van der Waals surface area contributed by atoms with E-state index in [4.69, 9.17) is 9.05 Å². The minimum atomic E-state index is -3.10. The van der Waals surface area contributed by atoms with Crippen molar-refractivity contribution in [1.29, 1.82) is 0 Å². The van der Waals surface area contributed by atoms with Gasteiger partial charge in [-0.25, -0.2) is 0 Å². The zero-order chi connectivity index (χ0) is 17.5. The van der Waals surface area contributed by atoms with Gasteiger partial charge in [0.25, 0.3) is 0 Å². The molecule has 0 N–H and O–H groups in total. The maximum Gasteiger partial charge on any atom is 0.354 e. The fourth-order valence-corrected chi connectivity index (χ4v) is 4.53. The molecule has 0 aliphatic heterocycles. The Hall–Kier alpha value is -0.630. The van der Waals surface area contributed by atoms with Gasteiger partial charge in [-0.1, -0.05) is 42.7 Å². The highest BCUT2D eigenvalue weighted by Crippen LogP contribution is 2.49. The molecular formula is C19H33O3P. The van der Waals surface area contributed by atoms with Gasteiger partial charge in [0.15, 0.2) is 0 Å². The Balaban J connectivity index is 2.81. The second-order valence-electron chi connectivity index (χ2n) is 6.84. The normalized spacial score (nSPS) is 19.7. The molecule has 0 atom stereocenters. The Bertz CT molecular complexity index is 517. The second kappa shape index (κ2) is 9.01. The topological polar surface area (TPSA) is 35.5 Å². The molecule has 3 nitrogen and oxygen atoms in total. The lowest BCUT2D eigenvalue weighted by atomic mass is 9.71. The molecular weight excluding hydrogens is 307 g/mol. The second-order valence-corrected chi connectivity index (χ2v) is 8.73. The van der Waals surface area contributed by atoms with E-state index < -0.39 is 7.60 Å². The fourth-order valence-electron chi connectivity index (χ4n) is 3.15. The molecule has 0 saturated carbocycles. The van der Waals surface area contributed by atoms with Crippen molar-refractivity contribution >= 4 is 7.60 Å². The monoisotopic (exact) mass is 340 g/mol. The van der Waals surface area contributed by atoms with Crippen LogP contribution < -0.4 is 0 Å². The summed E-state index contributed by atoms with van der Waals surface area (Å²) in [6.45, 7) is 13.4. The van der Waals surface area contributed by atoms with Gasteiger partial charge in [0.1, 0.15) is 0 Å². The van der Waals surface area contributed by atoms with E-state index in [1.54, 1.807) is 11.4 Å². The van der Waals surface area contributed by atoms with Crippen molar-refractivity contribution in [3.8, 4) is 0 Å². The zero-order valence-electron chi connectivity index (χ0n) is 15.6. The van der Waals surface area contributed by atoms with E-state index in [1.807, 2.05) is 26.8 Å². The molecule has 23 heavy (non-hydrogen) atoms. The molecule has 4 heteroatoms. The van der Waals surface area contributed by atoms with Crippen LogP contribution in [0.3, 0.4) is 0 Å². The average molecular weight is 340 g/mol. The van der Waals surface area contributed by atoms with E-state index in [1.165, 1.54) is 24.8 Å². The molecule has 0 radical (unpaired) electrons. The Morgan fingerprint density at radius 1 is 1.26 bits per heavy atom. The van der Waals surface area contributed by atoms with Crippen LogP contribution >= 0.6 is 7.60 Å². The quantitative estimate of drug-likeness (QED) is 0.282. The summed E-state index contributed by atoms with van der Waals surface area (Å²) in [6, 6.07) is 0. The lowest BCUT2D eigenvalue weighted by molar-refractivity contribution is 0.229. The van der Waals surface area contributed by atoms with Crippen LogP contribution in [0, 0.1) is 5.41 Å². The lowest BCUT2D eigenvalue weighted by Gasteiger charge is -2.34. The van der Waals surface area contributed by atoms with E-state index in [9.17, 15) is 4.57 Å². The first-order valence-corrected chi connectivity index (χ1v) is 10.3. The molecule has 132 valence electrons. The highest BCUT2D eigenvalue weighted by atomic mass is 31.2. The van der Waals surface area contributed by atoms with Crippen molar-refractivity contribution < 1.29 is 13.6 Å². The van der Waals surface area contributed by atoms with Gasteiger partial charge < -0.3 is 9.05 Å². The summed E-state index contributed by atoms with van der Waals surface area (Å²) in [5.41, 5.74) is 4.46. The molecule has 0 saturated heterocycles. The molecule has 0 aromatic heterocycles. The number of hydrogen-bond donors (Lipinski definition) is 0. The smallest absolute Gasteiger partial charge is 0.306 e. The third kappa shape index (κ3) is 6.41. The summed E-state index contributed by atoms with van der Waals surface area (Å²) in [7, 11) is -3.10. The van der Waals surface area contributed by atoms with Crippen molar-refractivity contribution in [2.24, 2.45) is 5.41 Å². The van der Waals surface area contributed by atoms with Crippen LogP contribution in [0.2, 0.25) is 0 Å². The Kier molecular flexibility index (Phi) is 8.00. The van der Waals surface area contributed by atoms with Crippen molar-refractivity contribution in [3.05, 3.63) is 34.7 Å². The Morgan fingerprint density at radius 3 is 2.39 bits per heavy atom. The molecule has 0 aromatic carbocycles. The summed E-state index contributed by atoms with van der Waals surface area (Å²) in [5.74, 6) is 1.58. The van der Waals surface area contributed by atoms with Gasteiger partial charge in [-0.05, 0) is 58.8 Å². The predicted octanol–water partition coefficient (Wildman–Crippen LogP) is 6.63. The number of rotatable bonds is 8. The van der Waals surface area contributed by atoms with Crippen LogP contribution in [0.25, 0.3) is 0 Å². The number of allylic oxidation sites excluding steroid dienone is 5. The summed E-state index contributed by atoms with van der Waals surface area (Å²) in [5, 5.41) is 0. The van der Waals surface area contributed by atoms with E-state index >= 15 is 0 Å². The highest BCUT2D eigenvalue weighted by Gasteiger charge is 2.27. The van der Waals surface area contributed by atoms with Crippen LogP contribution in [-0.2, 0) is 13.6 Å². The molecule has 0 unspecified atom stereocenters. The van der Waals surface area contributed by atoms with Crippen LogP contribution in [-0.4, -0.2) is 13.2 Å². The molecule has 0 heterocycles. The molecule has 0 aromatic rings. The maximum atomic E-state index is 12.4. The third-order valence-electron chi connectivity index (χ3n) is 4.45. The molecule has 1 aliphatic rings. The summed E-state index contributed by atoms with van der Waals surface area (Å²) >= 11 is 0. The van der Waals surface area contributed by atoms with Gasteiger partial charge in [0, 0.05) is 5.82 Å². The molecule has 0 bridgehead atoms. The summed E-state index contributed by atoms with van der Waals surface area (Å²) in [4.78, 5) is 0. The minimum absolute atomic E-state index is 0.286. The van der Waals surface area contributed by atoms with Gasteiger partial charge >= 0.3 is 7.60 Å². The molecule has 1 aliphatic carbocycles. The van der Waals surface area contributed by atoms with Crippen molar-refractivity contribution in [3.63, 3.8) is 0 Å². The minimum Gasteiger partial charge on any atom is -0.306 e. The van der Waals surface area contributed by atoms with Gasteiger partial charge in [-0.3, -0.25) is 4.57 Å². The summed E-state index contributed by atoms with van der Waals surface area (Å²) in [6.07, 6.45) is 8.79. The van der Waals surface area contributed by atoms with E-state index in [2.05, 4.69) is 26.8 Å². The first kappa shape index (κ1) is 20.4. The molecule has 0 fully saturated rings. The van der Waals surface area contributed by atoms with E-state index in [0.29, 0.717) is 13.2 Å². The highest BCUT2D eigenvalue weighted by molar-refractivity contribution is 7.57. The molecule has 1 rings (SSSR count).